The van der Waals surface area contributed by atoms with Gasteiger partial charge in [0.15, 0.2) is 23.1 Å². The molecular weight excluding hydrogens is 496 g/mol. The van der Waals surface area contributed by atoms with Crippen molar-refractivity contribution in [2.75, 3.05) is 71.9 Å². The van der Waals surface area contributed by atoms with Gasteiger partial charge in [0, 0.05) is 62.3 Å². The molecule has 0 spiro atoms. The highest BCUT2D eigenvalue weighted by Gasteiger charge is 2.22. The third kappa shape index (κ3) is 5.83. The second-order valence-electron chi connectivity index (χ2n) is 8.94. The van der Waals surface area contributed by atoms with Crippen LogP contribution in [0.5, 0.6) is 23.0 Å². The van der Waals surface area contributed by atoms with Crippen molar-refractivity contribution in [2.45, 2.75) is 12.8 Å². The number of piperazine rings is 1. The highest BCUT2D eigenvalue weighted by atomic mass is 19.1. The van der Waals surface area contributed by atoms with Crippen LogP contribution in [0.4, 0.5) is 26.1 Å². The molecule has 0 amide bonds. The van der Waals surface area contributed by atoms with E-state index in [1.807, 2.05) is 12.1 Å². The van der Waals surface area contributed by atoms with E-state index < -0.39 is 11.6 Å². The van der Waals surface area contributed by atoms with Crippen molar-refractivity contribution in [1.29, 1.82) is 0 Å². The molecule has 1 fully saturated rings. The molecule has 9 nitrogen and oxygen atoms in total. The minimum absolute atomic E-state index is 0.0722. The average Bonchev–Trinajstić information content (AvgIpc) is 2.94. The lowest BCUT2D eigenvalue weighted by atomic mass is 10.0. The van der Waals surface area contributed by atoms with Crippen molar-refractivity contribution in [3.63, 3.8) is 0 Å². The Balaban J connectivity index is 1.48. The minimum atomic E-state index is -0.744. The van der Waals surface area contributed by atoms with Gasteiger partial charge in [0.2, 0.25) is 5.95 Å². The summed E-state index contributed by atoms with van der Waals surface area (Å²) in [5.74, 6) is 0.0608. The first-order valence-electron chi connectivity index (χ1n) is 12.2. The topological polar surface area (TPSA) is 81.2 Å². The molecular formula is C27H33F2N5O4. The zero-order valence-corrected chi connectivity index (χ0v) is 22.3. The van der Waals surface area contributed by atoms with E-state index in [-0.39, 0.29) is 23.5 Å². The molecule has 2 heterocycles. The van der Waals surface area contributed by atoms with E-state index >= 15 is 0 Å². The van der Waals surface area contributed by atoms with E-state index in [0.717, 1.165) is 31.9 Å². The lowest BCUT2D eigenvalue weighted by Gasteiger charge is -2.35. The maximum absolute atomic E-state index is 14.7. The molecule has 1 aliphatic heterocycles. The number of hydrogen-bond acceptors (Lipinski definition) is 9. The number of methoxy groups -OCH3 is 4. The second-order valence-corrected chi connectivity index (χ2v) is 8.94. The van der Waals surface area contributed by atoms with Crippen molar-refractivity contribution in [3.05, 3.63) is 53.4 Å². The van der Waals surface area contributed by atoms with Gasteiger partial charge in [-0.3, -0.25) is 0 Å². The van der Waals surface area contributed by atoms with Crippen LogP contribution in [0.15, 0.2) is 30.6 Å². The molecule has 1 saturated heterocycles. The molecule has 38 heavy (non-hydrogen) atoms. The smallest absolute Gasteiger partial charge is 0.227 e. The molecule has 4 rings (SSSR count). The summed E-state index contributed by atoms with van der Waals surface area (Å²) in [5, 5.41) is 3.18. The zero-order chi connectivity index (χ0) is 27.2. The number of aromatic nitrogens is 2. The van der Waals surface area contributed by atoms with Crippen LogP contribution in [0, 0.1) is 11.6 Å². The largest absolute Gasteiger partial charge is 0.494 e. The van der Waals surface area contributed by atoms with E-state index in [0.29, 0.717) is 35.1 Å². The number of hydrogen-bond donors (Lipinski definition) is 1. The number of ether oxygens (including phenoxy) is 4. The Morgan fingerprint density at radius 1 is 0.763 bits per heavy atom. The molecule has 0 bridgehead atoms. The van der Waals surface area contributed by atoms with E-state index in [2.05, 4.69) is 32.1 Å². The molecule has 0 radical (unpaired) electrons. The fraction of sp³-hybridized carbons (Fsp3) is 0.407. The van der Waals surface area contributed by atoms with Crippen molar-refractivity contribution >= 4 is 17.3 Å². The van der Waals surface area contributed by atoms with Crippen LogP contribution in [-0.4, -0.2) is 76.5 Å². The molecule has 0 saturated carbocycles. The van der Waals surface area contributed by atoms with Crippen LogP contribution in [0.25, 0.3) is 0 Å². The van der Waals surface area contributed by atoms with Gasteiger partial charge < -0.3 is 34.1 Å². The maximum atomic E-state index is 14.7. The van der Waals surface area contributed by atoms with Gasteiger partial charge in [-0.05, 0) is 25.5 Å². The number of likely N-dealkylation sites (N-methyl/N-ethyl adjacent to an activating group) is 1. The Labute approximate surface area is 221 Å². The minimum Gasteiger partial charge on any atom is -0.494 e. The van der Waals surface area contributed by atoms with Gasteiger partial charge in [-0.2, -0.15) is 0 Å². The summed E-state index contributed by atoms with van der Waals surface area (Å²) in [7, 11) is 8.00. The Morgan fingerprint density at radius 2 is 1.34 bits per heavy atom. The zero-order valence-electron chi connectivity index (χ0n) is 22.3. The monoisotopic (exact) mass is 529 g/mol. The Hall–Kier alpha value is -3.86. The number of aryl methyl sites for hydroxylation is 1. The first-order chi connectivity index (χ1) is 18.4. The molecule has 2 aromatic carbocycles. The Morgan fingerprint density at radius 3 is 1.89 bits per heavy atom. The predicted octanol–water partition coefficient (Wildman–Crippen LogP) is 4.07. The van der Waals surface area contributed by atoms with E-state index in [4.69, 9.17) is 18.9 Å². The Bertz CT molecular complexity index is 1220. The van der Waals surface area contributed by atoms with Crippen LogP contribution in [-0.2, 0) is 12.8 Å². The van der Waals surface area contributed by atoms with Crippen LogP contribution < -0.4 is 29.2 Å². The number of nitrogens with zero attached hydrogens (tertiary/aromatic N) is 4. The fourth-order valence-corrected chi connectivity index (χ4v) is 4.37. The van der Waals surface area contributed by atoms with Crippen LogP contribution >= 0.6 is 0 Å². The van der Waals surface area contributed by atoms with Crippen molar-refractivity contribution in [3.8, 4) is 23.0 Å². The predicted molar refractivity (Wildman–Crippen MR) is 141 cm³/mol. The number of halogens is 2. The molecule has 204 valence electrons. The highest BCUT2D eigenvalue weighted by Crippen LogP contribution is 2.39. The highest BCUT2D eigenvalue weighted by molar-refractivity contribution is 5.74. The van der Waals surface area contributed by atoms with Gasteiger partial charge in [0.05, 0.1) is 39.8 Å². The van der Waals surface area contributed by atoms with Crippen molar-refractivity contribution in [1.82, 2.24) is 14.9 Å². The van der Waals surface area contributed by atoms with Crippen LogP contribution in [0.3, 0.4) is 0 Å². The van der Waals surface area contributed by atoms with Crippen molar-refractivity contribution < 1.29 is 27.7 Å². The summed E-state index contributed by atoms with van der Waals surface area (Å²) in [5.41, 5.74) is 2.22. The standard InChI is InChI=1S/C27H33F2N5O4/c1-33-8-10-34(11-9-33)20-13-21(35-2)19(12-22(20)36-3)32-27-30-15-17(16-31-27)6-7-18-25(28)23(37-4)14-24(38-5)26(18)29/h12-16H,6-11H2,1-5H3,(H,30,31,32). The van der Waals surface area contributed by atoms with Gasteiger partial charge in [0.1, 0.15) is 11.5 Å². The number of benzene rings is 2. The van der Waals surface area contributed by atoms with E-state index in [1.54, 1.807) is 26.6 Å². The molecule has 3 aromatic rings. The van der Waals surface area contributed by atoms with Gasteiger partial charge >= 0.3 is 0 Å². The first-order valence-corrected chi connectivity index (χ1v) is 12.2. The number of anilines is 3. The SMILES string of the molecule is COc1cc(N2CCN(C)CC2)c(OC)cc1Nc1ncc(CCc2c(F)c(OC)cc(OC)c2F)cn1. The normalized spacial score (nSPS) is 13.8. The fourth-order valence-electron chi connectivity index (χ4n) is 4.37. The third-order valence-electron chi connectivity index (χ3n) is 6.62. The first kappa shape index (κ1) is 27.2. The summed E-state index contributed by atoms with van der Waals surface area (Å²) in [4.78, 5) is 13.3. The molecule has 1 N–H and O–H groups in total. The molecule has 1 aromatic heterocycles. The Kier molecular flexibility index (Phi) is 8.67. The third-order valence-corrected chi connectivity index (χ3v) is 6.62. The van der Waals surface area contributed by atoms with Gasteiger partial charge in [-0.1, -0.05) is 0 Å². The molecule has 0 unspecified atom stereocenters. The summed E-state index contributed by atoms with van der Waals surface area (Å²) >= 11 is 0. The lowest BCUT2D eigenvalue weighted by molar-refractivity contribution is 0.310. The number of rotatable bonds is 10. The van der Waals surface area contributed by atoms with Gasteiger partial charge in [-0.25, -0.2) is 18.7 Å². The van der Waals surface area contributed by atoms with Crippen molar-refractivity contribution in [2.24, 2.45) is 0 Å². The maximum Gasteiger partial charge on any atom is 0.227 e. The quantitative estimate of drug-likeness (QED) is 0.418. The molecule has 0 atom stereocenters. The van der Waals surface area contributed by atoms with E-state index in [9.17, 15) is 8.78 Å². The summed E-state index contributed by atoms with van der Waals surface area (Å²) in [6.45, 7) is 3.72. The second kappa shape index (κ2) is 12.1. The summed E-state index contributed by atoms with van der Waals surface area (Å²) < 4.78 is 50.7. The van der Waals surface area contributed by atoms with Gasteiger partial charge in [-0.15, -0.1) is 0 Å². The summed E-state index contributed by atoms with van der Waals surface area (Å²) in [6, 6.07) is 5.01. The number of nitrogens with one attached hydrogen (secondary N) is 1. The summed E-state index contributed by atoms with van der Waals surface area (Å²) in [6.07, 6.45) is 3.64. The van der Waals surface area contributed by atoms with Crippen LogP contribution in [0.1, 0.15) is 11.1 Å². The van der Waals surface area contributed by atoms with Gasteiger partial charge in [0.25, 0.3) is 0 Å². The molecule has 0 aliphatic carbocycles. The molecule has 1 aliphatic rings. The van der Waals surface area contributed by atoms with Crippen LogP contribution in [0.2, 0.25) is 0 Å². The average molecular weight is 530 g/mol. The molecule has 11 heteroatoms. The van der Waals surface area contributed by atoms with E-state index in [1.165, 1.54) is 20.3 Å². The lowest BCUT2D eigenvalue weighted by Crippen LogP contribution is -2.44.